The number of unbranched alkanes of at least 4 members (excludes halogenated alkanes) is 5. The van der Waals surface area contributed by atoms with Crippen LogP contribution < -0.4 is 32.3 Å². The number of nitrogens with two attached hydrogens (primary N) is 1. The van der Waals surface area contributed by atoms with Crippen LogP contribution in [0.15, 0.2) is 24.3 Å². The molecular weight excluding hydrogens is 969 g/mol. The number of carbonyl (C=O) groups is 8. The monoisotopic (exact) mass is 1050 g/mol. The van der Waals surface area contributed by atoms with E-state index in [2.05, 4.69) is 47.4 Å². The second-order valence-corrected chi connectivity index (χ2v) is 20.5. The van der Waals surface area contributed by atoms with Gasteiger partial charge in [0.1, 0.15) is 48.1 Å². The molecule has 1 aromatic rings. The summed E-state index contributed by atoms with van der Waals surface area (Å²) in [7, 11) is 0. The van der Waals surface area contributed by atoms with Gasteiger partial charge in [0.2, 0.25) is 47.3 Å². The molecule has 3 saturated heterocycles. The zero-order chi connectivity index (χ0) is 55.0. The smallest absolute Gasteiger partial charge is 0.248 e. The summed E-state index contributed by atoms with van der Waals surface area (Å²) in [6.45, 7) is 6.90. The molecule has 7 unspecified atom stereocenters. The Balaban J connectivity index is 1.67. The molecule has 0 saturated carbocycles. The number of hydrogen-bond donors (Lipinski definition) is 14. The maximum absolute atomic E-state index is 14.4. The van der Waals surface area contributed by atoms with Gasteiger partial charge in [0.05, 0.1) is 36.9 Å². The molecule has 24 nitrogen and oxygen atoms in total. The third-order valence-electron chi connectivity index (χ3n) is 14.2. The van der Waals surface area contributed by atoms with Crippen molar-refractivity contribution in [3.05, 3.63) is 29.8 Å². The summed E-state index contributed by atoms with van der Waals surface area (Å²) in [5.41, 5.74) is 5.66. The molecule has 3 fully saturated rings. The number of fused-ring (bicyclic) bond motifs is 2. The zero-order valence-corrected chi connectivity index (χ0v) is 42.8. The summed E-state index contributed by atoms with van der Waals surface area (Å²) < 4.78 is 0. The van der Waals surface area contributed by atoms with E-state index in [9.17, 15) is 79.2 Å². The van der Waals surface area contributed by atoms with Crippen LogP contribution in [0.5, 0.6) is 5.75 Å². The molecule has 0 spiro atoms. The van der Waals surface area contributed by atoms with Gasteiger partial charge >= 0.3 is 0 Å². The first-order valence-electron chi connectivity index (χ1n) is 25.9. The number of aromatic hydroxyl groups is 1. The van der Waals surface area contributed by atoms with Gasteiger partial charge in [0, 0.05) is 38.8 Å². The van der Waals surface area contributed by atoms with E-state index in [0.29, 0.717) is 30.2 Å². The molecule has 0 aromatic heterocycles. The average molecular weight is 1050 g/mol. The van der Waals surface area contributed by atoms with Crippen LogP contribution in [0.25, 0.3) is 0 Å². The third-order valence-corrected chi connectivity index (χ3v) is 14.2. The van der Waals surface area contributed by atoms with E-state index in [1.165, 1.54) is 30.7 Å². The van der Waals surface area contributed by atoms with E-state index in [0.717, 1.165) is 55.2 Å². The van der Waals surface area contributed by atoms with Crippen LogP contribution in [0.1, 0.15) is 123 Å². The molecule has 3 aliphatic heterocycles. The van der Waals surface area contributed by atoms with Crippen LogP contribution in [0.4, 0.5) is 0 Å². The second kappa shape index (κ2) is 29.0. The highest BCUT2D eigenvalue weighted by atomic mass is 16.3. The summed E-state index contributed by atoms with van der Waals surface area (Å²) in [5, 5.41) is 99.3. The Bertz CT molecular complexity index is 2070. The Morgan fingerprint density at radius 2 is 1.32 bits per heavy atom. The first-order chi connectivity index (χ1) is 34.9. The number of nitrogens with zero attached hydrogens (tertiary/aromatic N) is 2. The molecule has 416 valence electrons. The number of carbonyl (C=O) groups excluding carboxylic acids is 8. The van der Waals surface area contributed by atoms with E-state index >= 15 is 0 Å². The van der Waals surface area contributed by atoms with Gasteiger partial charge in [-0.3, -0.25) is 38.4 Å². The number of nitrogens with one attached hydrogen (secondary N) is 5. The summed E-state index contributed by atoms with van der Waals surface area (Å²) in [5.74, 6) is -7.94. The highest BCUT2D eigenvalue weighted by Gasteiger charge is 2.48. The van der Waals surface area contributed by atoms with Crippen LogP contribution in [-0.4, -0.2) is 190 Å². The van der Waals surface area contributed by atoms with E-state index in [1.807, 2.05) is 0 Å². The van der Waals surface area contributed by atoms with Gasteiger partial charge in [-0.2, -0.15) is 0 Å². The highest BCUT2D eigenvalue weighted by Crippen LogP contribution is 2.25. The Labute approximate surface area is 431 Å². The number of aliphatic hydroxyl groups excluding tert-OH is 7. The maximum Gasteiger partial charge on any atom is 0.248 e. The van der Waals surface area contributed by atoms with Crippen LogP contribution in [-0.2, 0) is 44.8 Å². The summed E-state index contributed by atoms with van der Waals surface area (Å²) in [6.07, 6.45) is -7.49. The third kappa shape index (κ3) is 17.8. The molecule has 0 aliphatic carbocycles. The molecule has 0 bridgehead atoms. The van der Waals surface area contributed by atoms with Crippen molar-refractivity contribution in [3.63, 3.8) is 0 Å². The Morgan fingerprint density at radius 1 is 0.716 bits per heavy atom. The Morgan fingerprint density at radius 3 is 1.96 bits per heavy atom. The fourth-order valence-electron chi connectivity index (χ4n) is 9.76. The minimum atomic E-state index is -2.25. The second-order valence-electron chi connectivity index (χ2n) is 20.5. The van der Waals surface area contributed by atoms with Gasteiger partial charge < -0.3 is 83.0 Å². The number of rotatable bonds is 20. The molecule has 3 heterocycles. The number of primary amides is 1. The van der Waals surface area contributed by atoms with Crippen LogP contribution in [0.3, 0.4) is 0 Å². The fraction of sp³-hybridized carbons (Fsp3) is 0.720. The van der Waals surface area contributed by atoms with E-state index in [1.54, 1.807) is 0 Å². The maximum atomic E-state index is 14.4. The van der Waals surface area contributed by atoms with Crippen LogP contribution >= 0.6 is 0 Å². The van der Waals surface area contributed by atoms with Crippen molar-refractivity contribution >= 4 is 47.3 Å². The summed E-state index contributed by atoms with van der Waals surface area (Å²) in [6, 6.07) is -6.04. The molecular formula is C50H80N8O16. The molecule has 15 atom stereocenters. The molecule has 8 amide bonds. The Kier molecular flexibility index (Phi) is 23.9. The first-order valence-corrected chi connectivity index (χ1v) is 25.9. The van der Waals surface area contributed by atoms with Crippen LogP contribution in [0, 0.1) is 11.8 Å². The van der Waals surface area contributed by atoms with E-state index in [4.69, 9.17) is 5.73 Å². The van der Waals surface area contributed by atoms with Crippen molar-refractivity contribution in [1.29, 1.82) is 0 Å². The number of hydrogen-bond acceptors (Lipinski definition) is 16. The topological polar surface area (TPSA) is 391 Å². The average Bonchev–Trinajstić information content (AvgIpc) is 3.93. The molecule has 4 rings (SSSR count). The first kappa shape index (κ1) is 61.1. The van der Waals surface area contributed by atoms with Crippen molar-refractivity contribution in [2.45, 2.75) is 203 Å². The van der Waals surface area contributed by atoms with Crippen molar-refractivity contribution in [1.82, 2.24) is 36.4 Å². The quantitative estimate of drug-likeness (QED) is 0.0586. The van der Waals surface area contributed by atoms with Gasteiger partial charge in [-0.15, -0.1) is 0 Å². The molecule has 24 heteroatoms. The van der Waals surface area contributed by atoms with Gasteiger partial charge in [0.25, 0.3) is 0 Å². The lowest BCUT2D eigenvalue weighted by molar-refractivity contribution is -0.148. The van der Waals surface area contributed by atoms with Gasteiger partial charge in [0.15, 0.2) is 6.23 Å². The fourth-order valence-corrected chi connectivity index (χ4v) is 9.76. The number of phenols is 1. The van der Waals surface area contributed by atoms with Crippen LogP contribution in [0.2, 0.25) is 0 Å². The number of aliphatic hydroxyl groups is 7. The summed E-state index contributed by atoms with van der Waals surface area (Å²) >= 11 is 0. The SMILES string of the molecule is CCC(C)CC(C)CCCCCCCCC(=O)N[C@H]1C[C@@H](O)[C@@H](O)NC(=O)C2[C@@H](O)CCN2C(=O)C([C@H](O)CC(N)=O)NC(=O)C([C@H](O)Cc2ccc(O)cc2)NC(=O)C2C[C@@H](O)CN2C(=O)C([C@@H](C)O)NC1=O. The predicted octanol–water partition coefficient (Wildman–Crippen LogP) is -2.83. The Hall–Kier alpha value is -5.50. The minimum Gasteiger partial charge on any atom is -0.508 e. The van der Waals surface area contributed by atoms with E-state index in [-0.39, 0.29) is 18.6 Å². The normalized spacial score (nSPS) is 28.8. The van der Waals surface area contributed by atoms with Crippen molar-refractivity contribution in [2.24, 2.45) is 17.6 Å². The van der Waals surface area contributed by atoms with Crippen molar-refractivity contribution in [2.75, 3.05) is 13.1 Å². The minimum absolute atomic E-state index is 0.0626. The molecule has 3 aliphatic rings. The van der Waals surface area contributed by atoms with Crippen molar-refractivity contribution in [3.8, 4) is 5.75 Å². The zero-order valence-electron chi connectivity index (χ0n) is 42.8. The predicted molar refractivity (Wildman–Crippen MR) is 264 cm³/mol. The molecule has 0 radical (unpaired) electrons. The molecule has 74 heavy (non-hydrogen) atoms. The lowest BCUT2D eigenvalue weighted by Crippen LogP contribution is -2.64. The standard InChI is InChI=1S/C50H80N8O16/c1-5-26(2)20-27(3)12-10-8-6-7-9-11-13-39(67)52-32-23-37(65)46(70)56-48(72)43-34(62)18-19-57(43)50(74)42(36(64)24-38(51)66)55-47(71)41(35(63)21-29-14-16-30(60)17-15-29)54-45(69)33-22-31(61)25-58(33)49(73)40(28(4)59)53-44(32)68/h14-17,26-28,31-37,40-43,46,59-65,70H,5-13,18-25H2,1-4H3,(H2,51,66)(H,52,67)(H,53,68)(H,54,69)(H,55,71)(H,56,72)/t26?,27?,28-,31-,32+,33?,34+,35-,36-,37-,40?,41?,42?,43?,46-/m1/s1. The largest absolute Gasteiger partial charge is 0.508 e. The number of benzene rings is 1. The molecule has 1 aromatic carbocycles. The lowest BCUT2D eigenvalue weighted by atomic mass is 9.91. The van der Waals surface area contributed by atoms with Gasteiger partial charge in [-0.1, -0.05) is 77.8 Å². The highest BCUT2D eigenvalue weighted by molar-refractivity contribution is 5.98. The molecule has 15 N–H and O–H groups in total. The van der Waals surface area contributed by atoms with Crippen molar-refractivity contribution < 1.29 is 79.2 Å². The summed E-state index contributed by atoms with van der Waals surface area (Å²) in [4.78, 5) is 112. The number of amides is 8. The van der Waals surface area contributed by atoms with Gasteiger partial charge in [-0.25, -0.2) is 0 Å². The van der Waals surface area contributed by atoms with E-state index < -0.39 is 165 Å². The lowest BCUT2D eigenvalue weighted by Gasteiger charge is -2.34. The van der Waals surface area contributed by atoms with Gasteiger partial charge in [-0.05, 0) is 55.7 Å². The number of phenolic OH excluding ortho intramolecular Hbond substituents is 1.